The van der Waals surface area contributed by atoms with Crippen LogP contribution in [0.2, 0.25) is 0 Å². The van der Waals surface area contributed by atoms with Gasteiger partial charge in [0.05, 0.1) is 4.58 Å². The molecule has 0 unspecified atom stereocenters. The van der Waals surface area contributed by atoms with Gasteiger partial charge in [0, 0.05) is 23.6 Å². The normalized spacial score (nSPS) is 14.5. The lowest BCUT2D eigenvalue weighted by Crippen LogP contribution is -2.28. The van der Waals surface area contributed by atoms with E-state index in [1.54, 1.807) is 18.2 Å². The Bertz CT molecular complexity index is 688. The highest BCUT2D eigenvalue weighted by Crippen LogP contribution is 2.45. The predicted molar refractivity (Wildman–Crippen MR) is 97.8 cm³/mol. The van der Waals surface area contributed by atoms with E-state index in [9.17, 15) is 9.18 Å². The average molecular weight is 363 g/mol. The number of hydrogen-bond donors (Lipinski definition) is 1. The summed E-state index contributed by atoms with van der Waals surface area (Å²) in [7, 11) is 0. The van der Waals surface area contributed by atoms with Crippen LogP contribution < -0.4 is 10.1 Å². The van der Waals surface area contributed by atoms with Gasteiger partial charge < -0.3 is 10.1 Å². The Balaban J connectivity index is 1.45. The summed E-state index contributed by atoms with van der Waals surface area (Å²) in [5, 5.41) is 2.66. The number of amides is 1. The third-order valence-corrected chi connectivity index (χ3v) is 6.68. The first-order chi connectivity index (χ1) is 11.7. The van der Waals surface area contributed by atoms with Crippen LogP contribution in [0.5, 0.6) is 5.75 Å². The van der Waals surface area contributed by atoms with E-state index in [2.05, 4.69) is 5.32 Å². The maximum atomic E-state index is 13.5. The second-order valence-corrected chi connectivity index (χ2v) is 8.02. The van der Waals surface area contributed by atoms with Crippen LogP contribution in [0.1, 0.15) is 15.7 Å². The molecule has 1 heterocycles. The Morgan fingerprint density at radius 1 is 1.12 bits per heavy atom. The summed E-state index contributed by atoms with van der Waals surface area (Å²) in [5.41, 5.74) is 1.74. The van der Waals surface area contributed by atoms with Crippen molar-refractivity contribution in [3.8, 4) is 5.75 Å². The lowest BCUT2D eigenvalue weighted by Gasteiger charge is -2.11. The zero-order valence-electron chi connectivity index (χ0n) is 13.0. The molecule has 0 bridgehead atoms. The van der Waals surface area contributed by atoms with E-state index in [4.69, 9.17) is 4.74 Å². The van der Waals surface area contributed by atoms with E-state index in [-0.39, 0.29) is 24.9 Å². The highest BCUT2D eigenvalue weighted by Gasteiger charge is 2.18. The van der Waals surface area contributed by atoms with E-state index in [1.165, 1.54) is 23.1 Å². The van der Waals surface area contributed by atoms with Crippen molar-refractivity contribution in [2.75, 3.05) is 18.1 Å². The van der Waals surface area contributed by atoms with Gasteiger partial charge in [-0.25, -0.2) is 4.39 Å². The van der Waals surface area contributed by atoms with Crippen molar-refractivity contribution in [1.29, 1.82) is 0 Å². The SMILES string of the molecule is O=C(COc1ccc(C2SCCS2)cc1)NCc1ccccc1F. The van der Waals surface area contributed by atoms with E-state index in [1.807, 2.05) is 47.8 Å². The fourth-order valence-corrected chi connectivity index (χ4v) is 5.17. The minimum atomic E-state index is -0.322. The van der Waals surface area contributed by atoms with Crippen molar-refractivity contribution >= 4 is 29.4 Å². The summed E-state index contributed by atoms with van der Waals surface area (Å²) >= 11 is 3.91. The number of nitrogens with one attached hydrogen (secondary N) is 1. The Kier molecular flexibility index (Phi) is 6.04. The molecule has 1 aliphatic rings. The minimum Gasteiger partial charge on any atom is -0.484 e. The molecular weight excluding hydrogens is 345 g/mol. The molecule has 126 valence electrons. The van der Waals surface area contributed by atoms with E-state index >= 15 is 0 Å². The Morgan fingerprint density at radius 2 is 1.83 bits per heavy atom. The molecule has 2 aromatic rings. The highest BCUT2D eigenvalue weighted by molar-refractivity contribution is 8.19. The molecular formula is C18H18FNO2S2. The molecule has 1 N–H and O–H groups in total. The zero-order chi connectivity index (χ0) is 16.8. The third-order valence-electron chi connectivity index (χ3n) is 3.58. The summed E-state index contributed by atoms with van der Waals surface area (Å²) in [6.07, 6.45) is 0. The minimum absolute atomic E-state index is 0.0826. The van der Waals surface area contributed by atoms with Crippen molar-refractivity contribution in [2.45, 2.75) is 11.1 Å². The number of carbonyl (C=O) groups excluding carboxylic acids is 1. The number of carbonyl (C=O) groups is 1. The van der Waals surface area contributed by atoms with Crippen LogP contribution in [0.15, 0.2) is 48.5 Å². The Morgan fingerprint density at radius 3 is 2.54 bits per heavy atom. The van der Waals surface area contributed by atoms with E-state index < -0.39 is 0 Å². The molecule has 0 saturated carbocycles. The Hall–Kier alpha value is -1.66. The van der Waals surface area contributed by atoms with Crippen LogP contribution in [0.25, 0.3) is 0 Å². The van der Waals surface area contributed by atoms with Gasteiger partial charge >= 0.3 is 0 Å². The van der Waals surface area contributed by atoms with E-state index in [0.29, 0.717) is 15.9 Å². The van der Waals surface area contributed by atoms with Crippen LogP contribution in [0, 0.1) is 5.82 Å². The first-order valence-corrected chi connectivity index (χ1v) is 9.78. The van der Waals surface area contributed by atoms with Crippen LogP contribution in [0.3, 0.4) is 0 Å². The van der Waals surface area contributed by atoms with E-state index in [0.717, 1.165) is 0 Å². The van der Waals surface area contributed by atoms with Crippen molar-refractivity contribution < 1.29 is 13.9 Å². The van der Waals surface area contributed by atoms with Gasteiger partial charge in [0.1, 0.15) is 11.6 Å². The quantitative estimate of drug-likeness (QED) is 0.842. The number of benzene rings is 2. The first-order valence-electron chi connectivity index (χ1n) is 7.68. The Labute approximate surface area is 149 Å². The summed E-state index contributed by atoms with van der Waals surface area (Å²) in [6, 6.07) is 14.2. The zero-order valence-corrected chi connectivity index (χ0v) is 14.7. The molecule has 1 fully saturated rings. The smallest absolute Gasteiger partial charge is 0.258 e. The van der Waals surface area contributed by atoms with Gasteiger partial charge in [-0.05, 0) is 23.8 Å². The second-order valence-electron chi connectivity index (χ2n) is 5.30. The fraction of sp³-hybridized carbons (Fsp3) is 0.278. The monoisotopic (exact) mass is 363 g/mol. The second kappa shape index (κ2) is 8.44. The van der Waals surface area contributed by atoms with Crippen LogP contribution in [0.4, 0.5) is 4.39 Å². The number of thioether (sulfide) groups is 2. The molecule has 0 aromatic heterocycles. The molecule has 6 heteroatoms. The summed E-state index contributed by atoms with van der Waals surface area (Å²) in [6.45, 7) is 0.0741. The molecule has 24 heavy (non-hydrogen) atoms. The predicted octanol–water partition coefficient (Wildman–Crippen LogP) is 4.00. The number of hydrogen-bond acceptors (Lipinski definition) is 4. The van der Waals surface area contributed by atoms with Crippen molar-refractivity contribution in [1.82, 2.24) is 5.32 Å². The van der Waals surface area contributed by atoms with Gasteiger partial charge in [0.2, 0.25) is 0 Å². The molecule has 0 spiro atoms. The molecule has 1 amide bonds. The molecule has 0 radical (unpaired) electrons. The lowest BCUT2D eigenvalue weighted by molar-refractivity contribution is -0.123. The van der Waals surface area contributed by atoms with Crippen LogP contribution in [-0.4, -0.2) is 24.0 Å². The summed E-state index contributed by atoms with van der Waals surface area (Å²) < 4.78 is 19.5. The maximum absolute atomic E-state index is 13.5. The van der Waals surface area contributed by atoms with Crippen molar-refractivity contribution in [2.24, 2.45) is 0 Å². The number of rotatable bonds is 6. The van der Waals surface area contributed by atoms with Gasteiger partial charge in [-0.15, -0.1) is 23.5 Å². The van der Waals surface area contributed by atoms with Gasteiger partial charge in [0.15, 0.2) is 6.61 Å². The molecule has 2 aromatic carbocycles. The van der Waals surface area contributed by atoms with Gasteiger partial charge in [-0.1, -0.05) is 30.3 Å². The van der Waals surface area contributed by atoms with Crippen LogP contribution >= 0.6 is 23.5 Å². The molecule has 0 aliphatic carbocycles. The summed E-state index contributed by atoms with van der Waals surface area (Å²) in [5.74, 6) is 2.44. The highest BCUT2D eigenvalue weighted by atomic mass is 32.2. The van der Waals surface area contributed by atoms with Crippen molar-refractivity contribution in [3.63, 3.8) is 0 Å². The standard InChI is InChI=1S/C18H18FNO2S2/c19-16-4-2-1-3-14(16)11-20-17(21)12-22-15-7-5-13(6-8-15)18-23-9-10-24-18/h1-8,18H,9-12H2,(H,20,21). The largest absolute Gasteiger partial charge is 0.484 e. The van der Waals surface area contributed by atoms with Gasteiger partial charge in [-0.2, -0.15) is 0 Å². The number of halogens is 1. The molecule has 1 aliphatic heterocycles. The van der Waals surface area contributed by atoms with Crippen LogP contribution in [-0.2, 0) is 11.3 Å². The van der Waals surface area contributed by atoms with Crippen molar-refractivity contribution in [3.05, 3.63) is 65.5 Å². The number of ether oxygens (including phenoxy) is 1. The molecule has 1 saturated heterocycles. The lowest BCUT2D eigenvalue weighted by atomic mass is 10.2. The maximum Gasteiger partial charge on any atom is 0.258 e. The van der Waals surface area contributed by atoms with Gasteiger partial charge in [0.25, 0.3) is 5.91 Å². The summed E-state index contributed by atoms with van der Waals surface area (Å²) in [4.78, 5) is 11.8. The molecule has 3 rings (SSSR count). The first kappa shape index (κ1) is 17.2. The fourth-order valence-electron chi connectivity index (χ4n) is 2.31. The van der Waals surface area contributed by atoms with Gasteiger partial charge in [-0.3, -0.25) is 4.79 Å². The average Bonchev–Trinajstić information content (AvgIpc) is 3.14. The molecule has 0 atom stereocenters. The molecule has 3 nitrogen and oxygen atoms in total. The third kappa shape index (κ3) is 4.68. The topological polar surface area (TPSA) is 38.3 Å².